The maximum Gasteiger partial charge on any atom is 0.433 e. The number of carbonyl (C=O) groups is 1. The molecule has 1 amide bonds. The lowest BCUT2D eigenvalue weighted by Gasteiger charge is -2.31. The number of hydrogen-bond acceptors (Lipinski definition) is 4. The molecule has 9 heteroatoms. The fourth-order valence-electron chi connectivity index (χ4n) is 3.47. The number of pyridine rings is 1. The predicted octanol–water partition coefficient (Wildman–Crippen LogP) is 3.70. The Morgan fingerprint density at radius 1 is 1.18 bits per heavy atom. The van der Waals surface area contributed by atoms with E-state index in [0.29, 0.717) is 42.7 Å². The first-order chi connectivity index (χ1) is 13.3. The minimum Gasteiger partial charge on any atom is -0.357 e. The molecule has 1 saturated heterocycles. The van der Waals surface area contributed by atoms with Gasteiger partial charge in [0.15, 0.2) is 0 Å². The van der Waals surface area contributed by atoms with Crippen molar-refractivity contribution >= 4 is 16.9 Å². The van der Waals surface area contributed by atoms with Gasteiger partial charge in [-0.15, -0.1) is 0 Å². The summed E-state index contributed by atoms with van der Waals surface area (Å²) < 4.78 is 38.5. The molecule has 3 aromatic heterocycles. The third kappa shape index (κ3) is 3.56. The van der Waals surface area contributed by atoms with Crippen LogP contribution < -0.4 is 0 Å². The highest BCUT2D eigenvalue weighted by atomic mass is 19.4. The van der Waals surface area contributed by atoms with Crippen molar-refractivity contribution in [1.29, 1.82) is 0 Å². The maximum atomic E-state index is 12.8. The number of alkyl halides is 3. The summed E-state index contributed by atoms with van der Waals surface area (Å²) in [5.74, 6) is -0.0178. The van der Waals surface area contributed by atoms with E-state index in [1.54, 1.807) is 24.1 Å². The van der Waals surface area contributed by atoms with E-state index in [1.807, 2.05) is 0 Å². The Labute approximate surface area is 158 Å². The van der Waals surface area contributed by atoms with Gasteiger partial charge in [-0.2, -0.15) is 13.2 Å². The van der Waals surface area contributed by atoms with E-state index in [4.69, 9.17) is 0 Å². The zero-order chi connectivity index (χ0) is 19.9. The molecule has 0 bridgehead atoms. The number of nitrogens with zero attached hydrogens (tertiary/aromatic N) is 4. The molecular weight excluding hydrogens is 371 g/mol. The van der Waals surface area contributed by atoms with Gasteiger partial charge in [0.1, 0.15) is 11.4 Å². The molecule has 1 N–H and O–H groups in total. The summed E-state index contributed by atoms with van der Waals surface area (Å²) >= 11 is 0. The molecule has 1 aliphatic heterocycles. The van der Waals surface area contributed by atoms with E-state index < -0.39 is 11.9 Å². The SMILES string of the molecule is Cc1cnc(C(=O)N2CCC(c3cc4nc(C(F)(F)F)ccc4[nH]3)CC2)cn1. The number of rotatable bonds is 2. The standard InChI is InChI=1S/C19H18F3N5O/c1-11-9-24-16(10-23-11)18(28)27-6-4-12(5-7-27)14-8-15-13(25-14)2-3-17(26-15)19(20,21)22/h2-3,8-10,12,25H,4-7H2,1H3. The van der Waals surface area contributed by atoms with E-state index >= 15 is 0 Å². The van der Waals surface area contributed by atoms with Gasteiger partial charge in [-0.25, -0.2) is 9.97 Å². The molecule has 0 radical (unpaired) electrons. The molecule has 146 valence electrons. The lowest BCUT2D eigenvalue weighted by molar-refractivity contribution is -0.140. The van der Waals surface area contributed by atoms with Crippen LogP contribution in [0, 0.1) is 6.92 Å². The average molecular weight is 389 g/mol. The molecule has 6 nitrogen and oxygen atoms in total. The summed E-state index contributed by atoms with van der Waals surface area (Å²) in [6.45, 7) is 2.91. The van der Waals surface area contributed by atoms with Crippen molar-refractivity contribution in [2.24, 2.45) is 0 Å². The number of H-pyrrole nitrogens is 1. The molecule has 1 aliphatic rings. The van der Waals surface area contributed by atoms with Crippen molar-refractivity contribution in [2.75, 3.05) is 13.1 Å². The second kappa shape index (κ2) is 6.88. The Kier molecular flexibility index (Phi) is 4.52. The molecule has 4 heterocycles. The molecule has 28 heavy (non-hydrogen) atoms. The first-order valence-corrected chi connectivity index (χ1v) is 8.96. The van der Waals surface area contributed by atoms with Crippen LogP contribution in [0.1, 0.15) is 46.3 Å². The van der Waals surface area contributed by atoms with Gasteiger partial charge in [0.2, 0.25) is 0 Å². The molecule has 1 fully saturated rings. The quantitative estimate of drug-likeness (QED) is 0.725. The average Bonchev–Trinajstić information content (AvgIpc) is 3.11. The Balaban J connectivity index is 1.46. The Bertz CT molecular complexity index is 1000. The van der Waals surface area contributed by atoms with Crippen LogP contribution >= 0.6 is 0 Å². The molecule has 4 rings (SSSR count). The zero-order valence-corrected chi connectivity index (χ0v) is 15.1. The van der Waals surface area contributed by atoms with Gasteiger partial charge in [-0.05, 0) is 38.0 Å². The van der Waals surface area contributed by atoms with Crippen LogP contribution in [0.3, 0.4) is 0 Å². The van der Waals surface area contributed by atoms with Gasteiger partial charge < -0.3 is 9.88 Å². The summed E-state index contributed by atoms with van der Waals surface area (Å²) in [5.41, 5.74) is 1.90. The van der Waals surface area contributed by atoms with Gasteiger partial charge in [-0.3, -0.25) is 9.78 Å². The number of amides is 1. The number of aromatic nitrogens is 4. The minimum absolute atomic E-state index is 0.136. The molecule has 0 atom stereocenters. The summed E-state index contributed by atoms with van der Waals surface area (Å²) in [7, 11) is 0. The van der Waals surface area contributed by atoms with Crippen LogP contribution in [-0.4, -0.2) is 43.8 Å². The molecule has 0 aliphatic carbocycles. The van der Waals surface area contributed by atoms with E-state index in [0.717, 1.165) is 17.5 Å². The normalized spacial score (nSPS) is 15.9. The number of fused-ring (bicyclic) bond motifs is 1. The van der Waals surface area contributed by atoms with Crippen LogP contribution in [0.4, 0.5) is 13.2 Å². The van der Waals surface area contributed by atoms with E-state index in [2.05, 4.69) is 19.9 Å². The minimum atomic E-state index is -4.46. The van der Waals surface area contributed by atoms with Crippen molar-refractivity contribution < 1.29 is 18.0 Å². The molecule has 3 aromatic rings. The zero-order valence-electron chi connectivity index (χ0n) is 15.1. The monoisotopic (exact) mass is 389 g/mol. The topological polar surface area (TPSA) is 74.8 Å². The van der Waals surface area contributed by atoms with Crippen LogP contribution in [0.2, 0.25) is 0 Å². The van der Waals surface area contributed by atoms with Crippen molar-refractivity contribution in [2.45, 2.75) is 31.9 Å². The summed E-state index contributed by atoms with van der Waals surface area (Å²) in [6, 6.07) is 4.06. The predicted molar refractivity (Wildman–Crippen MR) is 95.7 cm³/mol. The van der Waals surface area contributed by atoms with Crippen LogP contribution in [0.25, 0.3) is 11.0 Å². The van der Waals surface area contributed by atoms with Gasteiger partial charge in [0.25, 0.3) is 5.91 Å². The summed E-state index contributed by atoms with van der Waals surface area (Å²) in [6.07, 6.45) is 0.00216. The third-order valence-corrected chi connectivity index (χ3v) is 5.01. The number of halogens is 3. The lowest BCUT2D eigenvalue weighted by Crippen LogP contribution is -2.38. The number of aromatic amines is 1. The highest BCUT2D eigenvalue weighted by Crippen LogP contribution is 2.32. The summed E-state index contributed by atoms with van der Waals surface area (Å²) in [4.78, 5) is 29.4. The Morgan fingerprint density at radius 2 is 1.93 bits per heavy atom. The molecule has 0 aromatic carbocycles. The van der Waals surface area contributed by atoms with Crippen LogP contribution in [0.15, 0.2) is 30.6 Å². The first kappa shape index (κ1) is 18.4. The van der Waals surface area contributed by atoms with Crippen molar-refractivity contribution in [1.82, 2.24) is 24.8 Å². The number of carbonyl (C=O) groups excluding carboxylic acids is 1. The number of likely N-dealkylation sites (tertiary alicyclic amines) is 1. The number of hydrogen-bond donors (Lipinski definition) is 1. The van der Waals surface area contributed by atoms with Gasteiger partial charge in [0.05, 0.1) is 22.9 Å². The largest absolute Gasteiger partial charge is 0.433 e. The van der Waals surface area contributed by atoms with Gasteiger partial charge >= 0.3 is 6.18 Å². The third-order valence-electron chi connectivity index (χ3n) is 5.01. The summed E-state index contributed by atoms with van der Waals surface area (Å²) in [5, 5.41) is 0. The smallest absolute Gasteiger partial charge is 0.357 e. The van der Waals surface area contributed by atoms with E-state index in [9.17, 15) is 18.0 Å². The fourth-order valence-corrected chi connectivity index (χ4v) is 3.47. The fraction of sp³-hybridized carbons (Fsp3) is 0.368. The molecular formula is C19H18F3N5O. The number of piperidine rings is 1. The van der Waals surface area contributed by atoms with Crippen molar-refractivity contribution in [3.63, 3.8) is 0 Å². The second-order valence-electron chi connectivity index (χ2n) is 6.96. The van der Waals surface area contributed by atoms with Crippen LogP contribution in [-0.2, 0) is 6.18 Å². The maximum absolute atomic E-state index is 12.8. The highest BCUT2D eigenvalue weighted by Gasteiger charge is 2.33. The Hall–Kier alpha value is -2.97. The Morgan fingerprint density at radius 3 is 2.57 bits per heavy atom. The number of aryl methyl sites for hydroxylation is 1. The van der Waals surface area contributed by atoms with Crippen molar-refractivity contribution in [3.05, 3.63) is 53.4 Å². The van der Waals surface area contributed by atoms with Gasteiger partial charge in [0, 0.05) is 30.9 Å². The first-order valence-electron chi connectivity index (χ1n) is 8.96. The van der Waals surface area contributed by atoms with Gasteiger partial charge in [-0.1, -0.05) is 0 Å². The number of nitrogens with one attached hydrogen (secondary N) is 1. The lowest BCUT2D eigenvalue weighted by atomic mass is 9.93. The van der Waals surface area contributed by atoms with Crippen LogP contribution in [0.5, 0.6) is 0 Å². The van der Waals surface area contributed by atoms with E-state index in [-0.39, 0.29) is 11.8 Å². The molecule has 0 unspecified atom stereocenters. The van der Waals surface area contributed by atoms with Crippen molar-refractivity contribution in [3.8, 4) is 0 Å². The molecule has 0 saturated carbocycles. The highest BCUT2D eigenvalue weighted by molar-refractivity contribution is 5.92. The second-order valence-corrected chi connectivity index (χ2v) is 6.96. The molecule has 0 spiro atoms. The van der Waals surface area contributed by atoms with E-state index in [1.165, 1.54) is 12.3 Å².